The number of halogens is 3. The van der Waals surface area contributed by atoms with E-state index in [1.54, 1.807) is 6.92 Å². The van der Waals surface area contributed by atoms with E-state index in [9.17, 15) is 18.0 Å². The number of nitrogens with two attached hydrogens (primary N) is 1. The second-order valence-electron chi connectivity index (χ2n) is 7.29. The van der Waals surface area contributed by atoms with Crippen LogP contribution in [0.2, 0.25) is 0 Å². The fourth-order valence-electron chi connectivity index (χ4n) is 3.55. The summed E-state index contributed by atoms with van der Waals surface area (Å²) in [7, 11) is 0. The van der Waals surface area contributed by atoms with Gasteiger partial charge in [0.2, 0.25) is 5.91 Å². The number of hydrogen-bond donors (Lipinski definition) is 2. The van der Waals surface area contributed by atoms with E-state index in [-0.39, 0.29) is 22.7 Å². The van der Waals surface area contributed by atoms with Gasteiger partial charge in [0, 0.05) is 23.1 Å². The number of aliphatic imine (C=N–C) groups is 1. The van der Waals surface area contributed by atoms with E-state index in [4.69, 9.17) is 10.5 Å². The number of nitrogens with one attached hydrogen (secondary N) is 1. The lowest BCUT2D eigenvalue weighted by molar-refractivity contribution is -0.119. The van der Waals surface area contributed by atoms with Gasteiger partial charge in [0.05, 0.1) is 6.61 Å². The zero-order valence-electron chi connectivity index (χ0n) is 13.6. The molecular formula is C17H18F3N3O2. The van der Waals surface area contributed by atoms with Gasteiger partial charge in [0.25, 0.3) is 11.9 Å². The lowest BCUT2D eigenvalue weighted by Crippen LogP contribution is -2.43. The first-order valence-corrected chi connectivity index (χ1v) is 8.14. The lowest BCUT2D eigenvalue weighted by atomic mass is 9.76. The Bertz CT molecular complexity index is 791. The summed E-state index contributed by atoms with van der Waals surface area (Å²) in [6.07, 6.45) is 1.20. The molecule has 0 saturated heterocycles. The minimum Gasteiger partial charge on any atom is -0.465 e. The van der Waals surface area contributed by atoms with Crippen molar-refractivity contribution >= 4 is 17.6 Å². The normalized spacial score (nSPS) is 31.0. The predicted octanol–water partition coefficient (Wildman–Crippen LogP) is 2.76. The van der Waals surface area contributed by atoms with Crippen LogP contribution in [0.25, 0.3) is 0 Å². The van der Waals surface area contributed by atoms with Crippen LogP contribution in [0.4, 0.5) is 18.9 Å². The Hall–Kier alpha value is -2.25. The molecule has 2 saturated carbocycles. The standard InChI is InChI=1S/C17H18F3N3O2/c1-15(16(4-5-16)8-25-14(21)23-15)10-6-9(2-3-12(10)18)22-13(24)11-7-17(11,19)20/h2-3,6,11H,4-5,7-8H2,1H3,(H2,21,23)(H,22,24)/t11?,15-/m1/s1. The van der Waals surface area contributed by atoms with Crippen molar-refractivity contribution in [1.29, 1.82) is 0 Å². The Kier molecular flexibility index (Phi) is 3.18. The molecule has 1 spiro atoms. The minimum absolute atomic E-state index is 0.00788. The molecule has 25 heavy (non-hydrogen) atoms. The summed E-state index contributed by atoms with van der Waals surface area (Å²) in [5, 5.41) is 2.45. The zero-order valence-corrected chi connectivity index (χ0v) is 13.6. The minimum atomic E-state index is -2.95. The van der Waals surface area contributed by atoms with Crippen molar-refractivity contribution < 1.29 is 22.7 Å². The summed E-state index contributed by atoms with van der Waals surface area (Å²) in [6.45, 7) is 2.14. The molecule has 2 atom stereocenters. The first-order chi connectivity index (χ1) is 11.7. The molecule has 8 heteroatoms. The molecule has 1 heterocycles. The van der Waals surface area contributed by atoms with E-state index in [1.807, 2.05) is 0 Å². The number of rotatable bonds is 3. The number of carbonyl (C=O) groups is 1. The average molecular weight is 353 g/mol. The molecule has 3 aliphatic rings. The van der Waals surface area contributed by atoms with E-state index < -0.39 is 35.5 Å². The van der Waals surface area contributed by atoms with E-state index in [1.165, 1.54) is 18.2 Å². The van der Waals surface area contributed by atoms with Crippen LogP contribution < -0.4 is 11.1 Å². The number of ether oxygens (including phenoxy) is 1. The highest BCUT2D eigenvalue weighted by atomic mass is 19.3. The third kappa shape index (κ3) is 2.46. The molecule has 2 aliphatic carbocycles. The maximum absolute atomic E-state index is 14.5. The highest BCUT2D eigenvalue weighted by Gasteiger charge is 2.62. The molecule has 4 rings (SSSR count). The molecule has 5 nitrogen and oxygen atoms in total. The second kappa shape index (κ2) is 4.89. The number of nitrogens with zero attached hydrogens (tertiary/aromatic N) is 1. The van der Waals surface area contributed by atoms with Crippen LogP contribution in [0.15, 0.2) is 23.2 Å². The first-order valence-electron chi connectivity index (χ1n) is 8.14. The number of carbonyl (C=O) groups excluding carboxylic acids is 1. The van der Waals surface area contributed by atoms with E-state index in [0.29, 0.717) is 6.61 Å². The number of hydrogen-bond acceptors (Lipinski definition) is 4. The van der Waals surface area contributed by atoms with Crippen LogP contribution in [0, 0.1) is 17.2 Å². The number of amides is 1. The van der Waals surface area contributed by atoms with Crippen LogP contribution in [-0.2, 0) is 15.1 Å². The quantitative estimate of drug-likeness (QED) is 0.877. The van der Waals surface area contributed by atoms with Crippen molar-refractivity contribution in [2.45, 2.75) is 37.6 Å². The molecule has 1 aromatic carbocycles. The van der Waals surface area contributed by atoms with Gasteiger partial charge in [-0.3, -0.25) is 4.79 Å². The van der Waals surface area contributed by atoms with E-state index in [0.717, 1.165) is 12.8 Å². The number of anilines is 1. The maximum atomic E-state index is 14.5. The summed E-state index contributed by atoms with van der Waals surface area (Å²) < 4.78 is 45.9. The summed E-state index contributed by atoms with van der Waals surface area (Å²) in [6, 6.07) is 4.01. The van der Waals surface area contributed by atoms with Gasteiger partial charge in [-0.1, -0.05) is 0 Å². The van der Waals surface area contributed by atoms with E-state index >= 15 is 0 Å². The van der Waals surface area contributed by atoms with Crippen molar-refractivity contribution in [3.8, 4) is 0 Å². The van der Waals surface area contributed by atoms with E-state index in [2.05, 4.69) is 10.3 Å². The number of alkyl halides is 2. The molecule has 134 valence electrons. The Balaban J connectivity index is 1.66. The SMILES string of the molecule is C[C@]1(c2cc(NC(=O)C3CC3(F)F)ccc2F)N=C(N)OCC12CC2. The van der Waals surface area contributed by atoms with Gasteiger partial charge in [0.1, 0.15) is 17.3 Å². The summed E-state index contributed by atoms with van der Waals surface area (Å²) in [5.74, 6) is -5.51. The fraction of sp³-hybridized carbons (Fsp3) is 0.529. The molecular weight excluding hydrogens is 335 g/mol. The summed E-state index contributed by atoms with van der Waals surface area (Å²) >= 11 is 0. The average Bonchev–Trinajstić information content (AvgIpc) is 3.43. The monoisotopic (exact) mass is 353 g/mol. The molecule has 1 aromatic rings. The van der Waals surface area contributed by atoms with Gasteiger partial charge in [0.15, 0.2) is 0 Å². The van der Waals surface area contributed by atoms with Crippen molar-refractivity contribution in [2.75, 3.05) is 11.9 Å². The molecule has 0 aromatic heterocycles. The lowest BCUT2D eigenvalue weighted by Gasteiger charge is -2.38. The third-order valence-corrected chi connectivity index (χ3v) is 5.62. The van der Waals surface area contributed by atoms with Crippen LogP contribution in [-0.4, -0.2) is 24.5 Å². The topological polar surface area (TPSA) is 76.7 Å². The summed E-state index contributed by atoms with van der Waals surface area (Å²) in [5.41, 5.74) is 4.98. The van der Waals surface area contributed by atoms with Gasteiger partial charge < -0.3 is 15.8 Å². The Morgan fingerprint density at radius 3 is 2.68 bits per heavy atom. The molecule has 1 aliphatic heterocycles. The van der Waals surface area contributed by atoms with Gasteiger partial charge in [-0.15, -0.1) is 0 Å². The van der Waals surface area contributed by atoms with Crippen molar-refractivity contribution in [2.24, 2.45) is 22.1 Å². The molecule has 1 amide bonds. The van der Waals surface area contributed by atoms with Gasteiger partial charge in [-0.05, 0) is 38.0 Å². The number of amidine groups is 1. The van der Waals surface area contributed by atoms with Crippen LogP contribution in [0.3, 0.4) is 0 Å². The summed E-state index contributed by atoms with van der Waals surface area (Å²) in [4.78, 5) is 16.2. The van der Waals surface area contributed by atoms with Crippen molar-refractivity contribution in [3.63, 3.8) is 0 Å². The molecule has 2 fully saturated rings. The third-order valence-electron chi connectivity index (χ3n) is 5.62. The predicted molar refractivity (Wildman–Crippen MR) is 84.7 cm³/mol. The zero-order chi connectivity index (χ0) is 18.0. The molecule has 0 radical (unpaired) electrons. The fourth-order valence-corrected chi connectivity index (χ4v) is 3.55. The molecule has 3 N–H and O–H groups in total. The maximum Gasteiger partial charge on any atom is 0.282 e. The van der Waals surface area contributed by atoms with Crippen LogP contribution in [0.5, 0.6) is 0 Å². The number of benzene rings is 1. The van der Waals surface area contributed by atoms with Crippen molar-refractivity contribution in [3.05, 3.63) is 29.6 Å². The molecule has 1 unspecified atom stereocenters. The highest BCUT2D eigenvalue weighted by Crippen LogP contribution is 2.62. The van der Waals surface area contributed by atoms with Gasteiger partial charge >= 0.3 is 0 Å². The Morgan fingerprint density at radius 2 is 2.08 bits per heavy atom. The second-order valence-corrected chi connectivity index (χ2v) is 7.29. The van der Waals surface area contributed by atoms with Crippen LogP contribution in [0.1, 0.15) is 31.7 Å². The van der Waals surface area contributed by atoms with Gasteiger partial charge in [-0.25, -0.2) is 18.2 Å². The van der Waals surface area contributed by atoms with Crippen LogP contribution >= 0.6 is 0 Å². The largest absolute Gasteiger partial charge is 0.465 e. The van der Waals surface area contributed by atoms with Crippen molar-refractivity contribution in [1.82, 2.24) is 0 Å². The molecule has 0 bridgehead atoms. The van der Waals surface area contributed by atoms with Gasteiger partial charge in [-0.2, -0.15) is 0 Å². The Labute approximate surface area is 142 Å². The Morgan fingerprint density at radius 1 is 1.40 bits per heavy atom. The highest BCUT2D eigenvalue weighted by molar-refractivity contribution is 5.95. The first kappa shape index (κ1) is 16.2. The smallest absolute Gasteiger partial charge is 0.282 e.